The lowest BCUT2D eigenvalue weighted by Crippen LogP contribution is -2.39. The van der Waals surface area contributed by atoms with Crippen LogP contribution in [0.3, 0.4) is 0 Å². The van der Waals surface area contributed by atoms with Crippen molar-refractivity contribution in [2.75, 3.05) is 6.61 Å². The Hall–Kier alpha value is -4.56. The van der Waals surface area contributed by atoms with Crippen LogP contribution in [-0.2, 0) is 16.1 Å². The Morgan fingerprint density at radius 2 is 1.89 bits per heavy atom. The lowest BCUT2D eigenvalue weighted by atomic mass is 9.97. The van der Waals surface area contributed by atoms with Crippen LogP contribution >= 0.6 is 38.6 Å². The first-order valence-corrected chi connectivity index (χ1v) is 16.2. The molecule has 3 aromatic carbocycles. The molecule has 0 saturated heterocycles. The third kappa shape index (κ3) is 5.82. The van der Waals surface area contributed by atoms with Gasteiger partial charge in [-0.25, -0.2) is 9.79 Å². The van der Waals surface area contributed by atoms with Crippen LogP contribution in [0.25, 0.3) is 11.8 Å². The second kappa shape index (κ2) is 13.0. The number of thiophene rings is 1. The molecule has 0 saturated carbocycles. The SMILES string of the molecule is CCOC(=O)C1=C(c2ccccc2)N=c2s/c(=C\c3ccc(OCc4ccccc4C#N)c(Br)c3)c(=O)n2C1c1cccs1. The van der Waals surface area contributed by atoms with Crippen molar-refractivity contribution in [1.82, 2.24) is 4.57 Å². The normalized spacial score (nSPS) is 14.5. The molecule has 7 nitrogen and oxygen atoms in total. The monoisotopic (exact) mass is 681 g/mol. The van der Waals surface area contributed by atoms with Crippen molar-refractivity contribution >= 4 is 56.3 Å². The maximum absolute atomic E-state index is 14.0. The number of nitriles is 1. The number of rotatable bonds is 8. The van der Waals surface area contributed by atoms with Gasteiger partial charge >= 0.3 is 5.97 Å². The molecule has 3 heterocycles. The summed E-state index contributed by atoms with van der Waals surface area (Å²) in [6, 6.07) is 27.7. The summed E-state index contributed by atoms with van der Waals surface area (Å²) in [5.74, 6) is 0.111. The van der Waals surface area contributed by atoms with Gasteiger partial charge in [0.2, 0.25) is 0 Å². The molecule has 0 spiro atoms. The highest BCUT2D eigenvalue weighted by molar-refractivity contribution is 9.10. The highest BCUT2D eigenvalue weighted by Crippen LogP contribution is 2.37. The summed E-state index contributed by atoms with van der Waals surface area (Å²) in [7, 11) is 0. The number of halogens is 1. The van der Waals surface area contributed by atoms with Crippen LogP contribution in [0.5, 0.6) is 5.75 Å². The van der Waals surface area contributed by atoms with Crippen LogP contribution in [0.1, 0.15) is 40.1 Å². The smallest absolute Gasteiger partial charge is 0.338 e. The summed E-state index contributed by atoms with van der Waals surface area (Å²) in [6.45, 7) is 2.21. The van der Waals surface area contributed by atoms with Crippen molar-refractivity contribution < 1.29 is 14.3 Å². The molecule has 0 N–H and O–H groups in total. The lowest BCUT2D eigenvalue weighted by Gasteiger charge is -2.24. The van der Waals surface area contributed by atoms with Gasteiger partial charge in [-0.3, -0.25) is 9.36 Å². The van der Waals surface area contributed by atoms with E-state index in [0.29, 0.717) is 36.4 Å². The topological polar surface area (TPSA) is 93.7 Å². The zero-order chi connectivity index (χ0) is 30.6. The minimum atomic E-state index is -0.679. The first kappa shape index (κ1) is 29.5. The predicted octanol–water partition coefficient (Wildman–Crippen LogP) is 6.21. The predicted molar refractivity (Wildman–Crippen MR) is 175 cm³/mol. The number of carbonyl (C=O) groups excluding carboxylic acids is 1. The molecule has 0 fully saturated rings. The maximum Gasteiger partial charge on any atom is 0.338 e. The van der Waals surface area contributed by atoms with Gasteiger partial charge < -0.3 is 9.47 Å². The summed E-state index contributed by atoms with van der Waals surface area (Å²) in [5, 5.41) is 11.3. The summed E-state index contributed by atoms with van der Waals surface area (Å²) >= 11 is 6.34. The number of hydrogen-bond acceptors (Lipinski definition) is 8. The molecule has 0 bridgehead atoms. The number of benzene rings is 3. The number of ether oxygens (including phenoxy) is 2. The molecule has 1 aliphatic heterocycles. The second-order valence-corrected chi connectivity index (χ2v) is 12.5. The highest BCUT2D eigenvalue weighted by atomic mass is 79.9. The zero-order valence-electron chi connectivity index (χ0n) is 23.4. The number of thiazole rings is 1. The third-order valence-corrected chi connectivity index (χ3v) is 9.49. The first-order chi connectivity index (χ1) is 21.5. The average molecular weight is 683 g/mol. The van der Waals surface area contributed by atoms with E-state index in [1.807, 2.05) is 90.3 Å². The molecule has 218 valence electrons. The fraction of sp³-hybridized carbons (Fsp3) is 0.118. The molecule has 1 unspecified atom stereocenters. The molecule has 1 atom stereocenters. The molecule has 1 aliphatic rings. The van der Waals surface area contributed by atoms with Gasteiger partial charge in [-0.15, -0.1) is 11.3 Å². The Morgan fingerprint density at radius 1 is 1.09 bits per heavy atom. The van der Waals surface area contributed by atoms with E-state index in [4.69, 9.17) is 14.5 Å². The van der Waals surface area contributed by atoms with Gasteiger partial charge in [0.05, 0.1) is 38.5 Å². The number of esters is 1. The molecule has 0 amide bonds. The van der Waals surface area contributed by atoms with Crippen LogP contribution in [0, 0.1) is 11.3 Å². The van der Waals surface area contributed by atoms with Crippen molar-refractivity contribution in [2.45, 2.75) is 19.6 Å². The Kier molecular flexibility index (Phi) is 8.70. The van der Waals surface area contributed by atoms with Crippen LogP contribution in [0.4, 0.5) is 0 Å². The van der Waals surface area contributed by atoms with E-state index in [2.05, 4.69) is 22.0 Å². The molecule has 0 aliphatic carbocycles. The third-order valence-electron chi connectivity index (χ3n) is 6.96. The fourth-order valence-corrected chi connectivity index (χ4v) is 7.28. The van der Waals surface area contributed by atoms with Gasteiger partial charge in [-0.1, -0.05) is 72.0 Å². The van der Waals surface area contributed by atoms with Gasteiger partial charge in [-0.2, -0.15) is 5.26 Å². The maximum atomic E-state index is 14.0. The van der Waals surface area contributed by atoms with Crippen LogP contribution in [-0.4, -0.2) is 17.1 Å². The van der Waals surface area contributed by atoms with Crippen molar-refractivity contribution in [1.29, 1.82) is 5.26 Å². The number of hydrogen-bond donors (Lipinski definition) is 0. The van der Waals surface area contributed by atoms with E-state index < -0.39 is 12.0 Å². The van der Waals surface area contributed by atoms with Gasteiger partial charge in [-0.05, 0) is 64.1 Å². The molecule has 44 heavy (non-hydrogen) atoms. The van der Waals surface area contributed by atoms with Gasteiger partial charge in [0.25, 0.3) is 5.56 Å². The second-order valence-electron chi connectivity index (χ2n) is 9.69. The lowest BCUT2D eigenvalue weighted by molar-refractivity contribution is -0.138. The standard InChI is InChI=1S/C34H24BrN3O4S2/c1-2-41-33(40)29-30(22-9-4-3-5-10-22)37-34-38(31(29)27-13-8-16-43-27)32(39)28(44-34)18-21-14-15-26(25(35)17-21)42-20-24-12-7-6-11-23(24)19-36/h3-18,31H,2,20H2,1H3/b28-18-. The average Bonchev–Trinajstić information content (AvgIpc) is 3.69. The minimum Gasteiger partial charge on any atom is -0.488 e. The molecule has 6 rings (SSSR count). The fourth-order valence-electron chi connectivity index (χ4n) is 4.94. The molecule has 10 heteroatoms. The largest absolute Gasteiger partial charge is 0.488 e. The summed E-state index contributed by atoms with van der Waals surface area (Å²) in [4.78, 5) is 33.7. The van der Waals surface area contributed by atoms with E-state index in [9.17, 15) is 14.9 Å². The zero-order valence-corrected chi connectivity index (χ0v) is 26.6. The van der Waals surface area contributed by atoms with E-state index in [1.54, 1.807) is 17.6 Å². The van der Waals surface area contributed by atoms with Crippen LogP contribution in [0.15, 0.2) is 110 Å². The van der Waals surface area contributed by atoms with Crippen molar-refractivity contribution in [3.63, 3.8) is 0 Å². The van der Waals surface area contributed by atoms with Crippen LogP contribution < -0.4 is 19.6 Å². The highest BCUT2D eigenvalue weighted by Gasteiger charge is 2.35. The number of nitrogens with zero attached hydrogens (tertiary/aromatic N) is 3. The molecular formula is C34H24BrN3O4S2. The van der Waals surface area contributed by atoms with E-state index >= 15 is 0 Å². The Bertz CT molecular complexity index is 2110. The Balaban J connectivity index is 1.42. The molecule has 0 radical (unpaired) electrons. The van der Waals surface area contributed by atoms with Crippen molar-refractivity contribution in [3.8, 4) is 11.8 Å². The van der Waals surface area contributed by atoms with Crippen LogP contribution in [0.2, 0.25) is 0 Å². The summed E-state index contributed by atoms with van der Waals surface area (Å²) < 4.78 is 14.3. The van der Waals surface area contributed by atoms with Gasteiger partial charge in [0, 0.05) is 16.0 Å². The quantitative estimate of drug-likeness (QED) is 0.182. The summed E-state index contributed by atoms with van der Waals surface area (Å²) in [6.07, 6.45) is 1.81. The number of aromatic nitrogens is 1. The summed E-state index contributed by atoms with van der Waals surface area (Å²) in [5.41, 5.74) is 3.51. The number of carbonyl (C=O) groups is 1. The van der Waals surface area contributed by atoms with Gasteiger partial charge in [0.1, 0.15) is 18.4 Å². The van der Waals surface area contributed by atoms with E-state index in [1.165, 1.54) is 22.7 Å². The van der Waals surface area contributed by atoms with Crippen molar-refractivity contribution in [3.05, 3.63) is 147 Å². The van der Waals surface area contributed by atoms with E-state index in [0.717, 1.165) is 21.6 Å². The van der Waals surface area contributed by atoms with Gasteiger partial charge in [0.15, 0.2) is 4.80 Å². The first-order valence-electron chi connectivity index (χ1n) is 13.7. The Morgan fingerprint density at radius 3 is 2.61 bits per heavy atom. The molecule has 5 aromatic rings. The number of fused-ring (bicyclic) bond motifs is 1. The Labute approximate surface area is 269 Å². The minimum absolute atomic E-state index is 0.200. The van der Waals surface area contributed by atoms with E-state index in [-0.39, 0.29) is 18.8 Å². The van der Waals surface area contributed by atoms with Crippen molar-refractivity contribution in [2.24, 2.45) is 4.99 Å². The molecular weight excluding hydrogens is 658 g/mol. The molecule has 2 aromatic heterocycles.